The van der Waals surface area contributed by atoms with Crippen LogP contribution in [0, 0.1) is 11.8 Å². The molecule has 86 valence electrons. The van der Waals surface area contributed by atoms with Gasteiger partial charge in [-0.15, -0.1) is 0 Å². The fraction of sp³-hybridized carbons (Fsp3) is 0.800. The fourth-order valence-corrected chi connectivity index (χ4v) is 1.68. The van der Waals surface area contributed by atoms with Crippen molar-refractivity contribution >= 4 is 11.7 Å². The van der Waals surface area contributed by atoms with E-state index in [1.165, 1.54) is 0 Å². The van der Waals surface area contributed by atoms with Crippen molar-refractivity contribution in [1.82, 2.24) is 4.90 Å². The van der Waals surface area contributed by atoms with Gasteiger partial charge < -0.3 is 15.8 Å². The summed E-state index contributed by atoms with van der Waals surface area (Å²) in [5.41, 5.74) is 5.53. The van der Waals surface area contributed by atoms with Crippen molar-refractivity contribution in [2.75, 3.05) is 7.05 Å². The topological polar surface area (TPSA) is 78.9 Å². The number of oxime groups is 1. The highest BCUT2D eigenvalue weighted by Crippen LogP contribution is 2.28. The smallest absolute Gasteiger partial charge is 0.233 e. The number of carbonyl (C=O) groups excluding carboxylic acids is 1. The zero-order valence-electron chi connectivity index (χ0n) is 9.47. The summed E-state index contributed by atoms with van der Waals surface area (Å²) in [4.78, 5) is 13.7. The molecular weight excluding hydrogens is 194 g/mol. The number of nitrogens with two attached hydrogens (primary N) is 1. The highest BCUT2D eigenvalue weighted by molar-refractivity contribution is 6.02. The van der Waals surface area contributed by atoms with E-state index in [4.69, 9.17) is 10.9 Å². The molecule has 1 aliphatic rings. The first-order valence-corrected chi connectivity index (χ1v) is 5.23. The van der Waals surface area contributed by atoms with Crippen molar-refractivity contribution in [2.24, 2.45) is 22.7 Å². The third kappa shape index (κ3) is 2.61. The minimum atomic E-state index is -0.513. The highest BCUT2D eigenvalue weighted by Gasteiger charge is 2.36. The molecule has 1 amide bonds. The maximum absolute atomic E-state index is 12.0. The Balaban J connectivity index is 2.74. The molecule has 0 spiro atoms. The molecule has 1 saturated carbocycles. The number of nitrogens with zero attached hydrogens (tertiary/aromatic N) is 2. The Hall–Kier alpha value is -1.26. The van der Waals surface area contributed by atoms with Gasteiger partial charge in [0.25, 0.3) is 0 Å². The molecule has 1 fully saturated rings. The van der Waals surface area contributed by atoms with Crippen molar-refractivity contribution in [1.29, 1.82) is 0 Å². The molecule has 5 heteroatoms. The lowest BCUT2D eigenvalue weighted by Crippen LogP contribution is -2.43. The quantitative estimate of drug-likeness (QED) is 0.311. The van der Waals surface area contributed by atoms with Crippen molar-refractivity contribution in [3.05, 3.63) is 0 Å². The zero-order valence-corrected chi connectivity index (χ0v) is 9.47. The molecule has 1 aliphatic carbocycles. The second-order valence-electron chi connectivity index (χ2n) is 4.43. The van der Waals surface area contributed by atoms with Crippen LogP contribution < -0.4 is 5.73 Å². The van der Waals surface area contributed by atoms with Crippen LogP contribution in [0.5, 0.6) is 0 Å². The first-order chi connectivity index (χ1) is 6.99. The van der Waals surface area contributed by atoms with Crippen LogP contribution in [0.4, 0.5) is 0 Å². The van der Waals surface area contributed by atoms with Crippen LogP contribution in [0.2, 0.25) is 0 Å². The van der Waals surface area contributed by atoms with Gasteiger partial charge in [0, 0.05) is 13.1 Å². The second-order valence-corrected chi connectivity index (χ2v) is 4.43. The van der Waals surface area contributed by atoms with Gasteiger partial charge in [-0.2, -0.15) is 0 Å². The van der Waals surface area contributed by atoms with Gasteiger partial charge in [-0.25, -0.2) is 0 Å². The molecular formula is C10H19N3O2. The summed E-state index contributed by atoms with van der Waals surface area (Å²) in [6, 6.07) is 0.352. The lowest BCUT2D eigenvalue weighted by Gasteiger charge is -2.25. The van der Waals surface area contributed by atoms with Gasteiger partial charge in [-0.3, -0.25) is 4.79 Å². The van der Waals surface area contributed by atoms with Crippen LogP contribution in [0.25, 0.3) is 0 Å². The highest BCUT2D eigenvalue weighted by atomic mass is 16.4. The number of amides is 1. The summed E-state index contributed by atoms with van der Waals surface area (Å²) in [7, 11) is 1.78. The largest absolute Gasteiger partial charge is 0.409 e. The van der Waals surface area contributed by atoms with Crippen LogP contribution in [-0.2, 0) is 4.79 Å². The third-order valence-electron chi connectivity index (χ3n) is 2.81. The molecule has 0 radical (unpaired) electrons. The molecule has 0 aromatic rings. The molecule has 0 bridgehead atoms. The van der Waals surface area contributed by atoms with Gasteiger partial charge in [0.05, 0.1) is 0 Å². The Morgan fingerprint density at radius 3 is 2.40 bits per heavy atom. The fourth-order valence-electron chi connectivity index (χ4n) is 1.68. The molecule has 0 aromatic heterocycles. The molecule has 0 aromatic carbocycles. The average molecular weight is 213 g/mol. The predicted molar refractivity (Wildman–Crippen MR) is 57.5 cm³/mol. The monoisotopic (exact) mass is 213 g/mol. The summed E-state index contributed by atoms with van der Waals surface area (Å²) in [5.74, 6) is -0.527. The van der Waals surface area contributed by atoms with Crippen LogP contribution in [-0.4, -0.2) is 34.9 Å². The predicted octanol–water partition coefficient (Wildman–Crippen LogP) is 0.626. The summed E-state index contributed by atoms with van der Waals surface area (Å²) in [6.45, 7) is 3.78. The summed E-state index contributed by atoms with van der Waals surface area (Å²) < 4.78 is 0. The standard InChI is InChI=1S/C10H19N3O2/c1-6(2)8(9(11)12-15)10(14)13(3)7-4-5-7/h6-8,15H,4-5H2,1-3H3,(H2,11,12). The number of hydrogen-bond acceptors (Lipinski definition) is 3. The lowest BCUT2D eigenvalue weighted by molar-refractivity contribution is -0.133. The molecule has 15 heavy (non-hydrogen) atoms. The van der Waals surface area contributed by atoms with E-state index < -0.39 is 5.92 Å². The molecule has 0 aliphatic heterocycles. The van der Waals surface area contributed by atoms with E-state index in [-0.39, 0.29) is 17.7 Å². The van der Waals surface area contributed by atoms with Crippen LogP contribution in [0.1, 0.15) is 26.7 Å². The molecule has 1 unspecified atom stereocenters. The first-order valence-electron chi connectivity index (χ1n) is 5.23. The summed E-state index contributed by atoms with van der Waals surface area (Å²) in [5, 5.41) is 11.6. The Morgan fingerprint density at radius 2 is 2.07 bits per heavy atom. The normalized spacial score (nSPS) is 19.1. The Labute approximate surface area is 89.9 Å². The molecule has 0 saturated heterocycles. The molecule has 3 N–H and O–H groups in total. The SMILES string of the molecule is CC(C)C(C(=O)N(C)C1CC1)C(N)=NO. The first kappa shape index (κ1) is 11.8. The van der Waals surface area contributed by atoms with Crippen molar-refractivity contribution in [2.45, 2.75) is 32.7 Å². The van der Waals surface area contributed by atoms with Crippen molar-refractivity contribution in [3.63, 3.8) is 0 Å². The van der Waals surface area contributed by atoms with E-state index >= 15 is 0 Å². The minimum absolute atomic E-state index is 0.00231. The Morgan fingerprint density at radius 1 is 1.53 bits per heavy atom. The molecule has 0 heterocycles. The van der Waals surface area contributed by atoms with E-state index in [2.05, 4.69) is 5.16 Å². The summed E-state index contributed by atoms with van der Waals surface area (Å²) in [6.07, 6.45) is 2.12. The number of rotatable bonds is 4. The summed E-state index contributed by atoms with van der Waals surface area (Å²) >= 11 is 0. The maximum atomic E-state index is 12.0. The van der Waals surface area contributed by atoms with Gasteiger partial charge in [-0.05, 0) is 18.8 Å². The number of carbonyl (C=O) groups is 1. The third-order valence-corrected chi connectivity index (χ3v) is 2.81. The van der Waals surface area contributed by atoms with Gasteiger partial charge in [0.1, 0.15) is 5.92 Å². The molecule has 5 nitrogen and oxygen atoms in total. The zero-order chi connectivity index (χ0) is 11.6. The van der Waals surface area contributed by atoms with E-state index in [9.17, 15) is 4.79 Å². The Bertz CT molecular complexity index is 272. The number of amidine groups is 1. The van der Waals surface area contributed by atoms with E-state index in [0.29, 0.717) is 6.04 Å². The van der Waals surface area contributed by atoms with Crippen LogP contribution >= 0.6 is 0 Å². The van der Waals surface area contributed by atoms with E-state index in [1.807, 2.05) is 13.8 Å². The van der Waals surface area contributed by atoms with Crippen LogP contribution in [0.3, 0.4) is 0 Å². The number of hydrogen-bond donors (Lipinski definition) is 2. The van der Waals surface area contributed by atoms with Gasteiger partial charge >= 0.3 is 0 Å². The minimum Gasteiger partial charge on any atom is -0.409 e. The lowest BCUT2D eigenvalue weighted by atomic mass is 9.93. The molecule has 1 rings (SSSR count). The van der Waals surface area contributed by atoms with E-state index in [0.717, 1.165) is 12.8 Å². The maximum Gasteiger partial charge on any atom is 0.233 e. The average Bonchev–Trinajstić information content (AvgIpc) is 2.99. The molecule has 1 atom stereocenters. The second kappa shape index (κ2) is 4.51. The van der Waals surface area contributed by atoms with Crippen molar-refractivity contribution < 1.29 is 10.0 Å². The van der Waals surface area contributed by atoms with Gasteiger partial charge in [-0.1, -0.05) is 19.0 Å². The van der Waals surface area contributed by atoms with Crippen LogP contribution in [0.15, 0.2) is 5.16 Å². The Kier molecular flexibility index (Phi) is 3.55. The van der Waals surface area contributed by atoms with Gasteiger partial charge in [0.2, 0.25) is 5.91 Å². The van der Waals surface area contributed by atoms with Gasteiger partial charge in [0.15, 0.2) is 5.84 Å². The van der Waals surface area contributed by atoms with Crippen molar-refractivity contribution in [3.8, 4) is 0 Å². The van der Waals surface area contributed by atoms with E-state index in [1.54, 1.807) is 11.9 Å².